The summed E-state index contributed by atoms with van der Waals surface area (Å²) in [7, 11) is 0. The molecule has 9 heteroatoms. The van der Waals surface area contributed by atoms with E-state index in [0.717, 1.165) is 16.5 Å². The van der Waals surface area contributed by atoms with Gasteiger partial charge in [-0.15, -0.1) is 0 Å². The Balaban J connectivity index is 1.67. The van der Waals surface area contributed by atoms with Gasteiger partial charge in [-0.05, 0) is 48.4 Å². The Hall–Kier alpha value is -3.18. The first-order valence-corrected chi connectivity index (χ1v) is 12.7. The monoisotopic (exact) mass is 582 g/mol. The highest BCUT2D eigenvalue weighted by Gasteiger charge is 2.16. The van der Waals surface area contributed by atoms with Crippen molar-refractivity contribution in [2.24, 2.45) is 5.10 Å². The Morgan fingerprint density at radius 1 is 1.19 bits per heavy atom. The van der Waals surface area contributed by atoms with Crippen LogP contribution in [0.3, 0.4) is 0 Å². The zero-order valence-corrected chi connectivity index (χ0v) is 22.6. The Morgan fingerprint density at radius 3 is 2.61 bits per heavy atom. The van der Waals surface area contributed by atoms with Gasteiger partial charge in [0.05, 0.1) is 38.8 Å². The van der Waals surface area contributed by atoms with Gasteiger partial charge in [-0.3, -0.25) is 4.79 Å². The van der Waals surface area contributed by atoms with Gasteiger partial charge in [-0.2, -0.15) is 15.0 Å². The van der Waals surface area contributed by atoms with E-state index in [1.54, 1.807) is 30.3 Å². The van der Waals surface area contributed by atoms with Crippen LogP contribution in [0.4, 0.5) is 0 Å². The number of hydrogen-bond donors (Lipinski definition) is 0. The van der Waals surface area contributed by atoms with E-state index in [2.05, 4.69) is 27.1 Å². The summed E-state index contributed by atoms with van der Waals surface area (Å²) in [6.07, 6.45) is 2.31. The number of hydrogen-bond acceptors (Lipinski definition) is 5. The number of ether oxygens (including phenoxy) is 1. The third-order valence-corrected chi connectivity index (χ3v) is 6.79. The normalized spacial score (nSPS) is 12.1. The predicted molar refractivity (Wildman–Crippen MR) is 147 cm³/mol. The highest BCUT2D eigenvalue weighted by atomic mass is 79.9. The first-order valence-electron chi connectivity index (χ1n) is 11.2. The van der Waals surface area contributed by atoms with E-state index >= 15 is 0 Å². The van der Waals surface area contributed by atoms with Crippen LogP contribution in [0.2, 0.25) is 10.0 Å². The Kier molecular flexibility index (Phi) is 8.10. The third kappa shape index (κ3) is 5.46. The van der Waals surface area contributed by atoms with Crippen LogP contribution in [0.25, 0.3) is 10.9 Å². The average molecular weight is 584 g/mol. The first kappa shape index (κ1) is 25.9. The summed E-state index contributed by atoms with van der Waals surface area (Å²) in [5, 5.41) is 14.8. The molecular formula is C27H21BrCl2N4O2. The Labute approximate surface area is 226 Å². The molecule has 1 heterocycles. The molecule has 0 radical (unpaired) electrons. The van der Waals surface area contributed by atoms with Crippen LogP contribution in [0.1, 0.15) is 48.7 Å². The molecule has 0 aliphatic rings. The molecule has 0 bridgehead atoms. The van der Waals surface area contributed by atoms with E-state index in [0.29, 0.717) is 33.6 Å². The lowest BCUT2D eigenvalue weighted by molar-refractivity contribution is 0.306. The van der Waals surface area contributed by atoms with Crippen molar-refractivity contribution >= 4 is 56.2 Å². The van der Waals surface area contributed by atoms with Gasteiger partial charge in [0.1, 0.15) is 12.4 Å². The highest BCUT2D eigenvalue weighted by Crippen LogP contribution is 2.34. The van der Waals surface area contributed by atoms with E-state index in [-0.39, 0.29) is 28.1 Å². The zero-order chi connectivity index (χ0) is 25.8. The summed E-state index contributed by atoms with van der Waals surface area (Å²) in [5.41, 5.74) is 2.19. The molecule has 36 heavy (non-hydrogen) atoms. The van der Waals surface area contributed by atoms with Gasteiger partial charge in [0.25, 0.3) is 5.56 Å². The van der Waals surface area contributed by atoms with Crippen molar-refractivity contribution in [2.75, 3.05) is 0 Å². The van der Waals surface area contributed by atoms with Crippen molar-refractivity contribution < 1.29 is 4.74 Å². The SMILES string of the molecule is CC[C@H](C)c1nc2ccc(Br)cc2c(=O)n1N=Cc1cc(Cl)c(OCc2ccccc2C#N)c(Cl)c1. The molecule has 0 aliphatic heterocycles. The van der Waals surface area contributed by atoms with E-state index < -0.39 is 0 Å². The highest BCUT2D eigenvalue weighted by molar-refractivity contribution is 9.10. The molecule has 6 nitrogen and oxygen atoms in total. The molecule has 4 rings (SSSR count). The lowest BCUT2D eigenvalue weighted by Crippen LogP contribution is -2.23. The quantitative estimate of drug-likeness (QED) is 0.214. The fraction of sp³-hybridized carbons (Fsp3) is 0.185. The molecule has 1 aromatic heterocycles. The maximum atomic E-state index is 13.3. The van der Waals surface area contributed by atoms with Crippen LogP contribution in [0.5, 0.6) is 5.75 Å². The second-order valence-corrected chi connectivity index (χ2v) is 9.90. The molecule has 0 saturated heterocycles. The molecule has 0 spiro atoms. The molecule has 0 fully saturated rings. The largest absolute Gasteiger partial charge is 0.486 e. The summed E-state index contributed by atoms with van der Waals surface area (Å²) >= 11 is 16.3. The minimum Gasteiger partial charge on any atom is -0.486 e. The van der Waals surface area contributed by atoms with Crippen molar-refractivity contribution in [3.05, 3.63) is 102 Å². The standard InChI is InChI=1S/C27H21BrCl2N4O2/c1-3-16(2)26-33-24-9-8-20(28)12-21(24)27(35)34(26)32-14-17-10-22(29)25(23(30)11-17)36-15-19-7-5-4-6-18(19)13-31/h4-12,14,16H,3,15H2,1-2H3/t16-/m0/s1. The maximum absolute atomic E-state index is 13.3. The number of aromatic nitrogens is 2. The van der Waals surface area contributed by atoms with Gasteiger partial charge in [-0.25, -0.2) is 4.98 Å². The first-order chi connectivity index (χ1) is 17.3. The van der Waals surface area contributed by atoms with Crippen LogP contribution in [0.15, 0.2) is 69.0 Å². The molecule has 1 atom stereocenters. The summed E-state index contributed by atoms with van der Waals surface area (Å²) < 4.78 is 7.94. The van der Waals surface area contributed by atoms with Gasteiger partial charge in [0.2, 0.25) is 0 Å². The van der Waals surface area contributed by atoms with Crippen molar-refractivity contribution in [2.45, 2.75) is 32.8 Å². The Bertz CT molecular complexity index is 1550. The number of benzene rings is 3. The van der Waals surface area contributed by atoms with E-state index in [1.165, 1.54) is 10.9 Å². The number of nitriles is 1. The molecule has 4 aromatic rings. The Morgan fingerprint density at radius 2 is 1.92 bits per heavy atom. The second kappa shape index (κ2) is 11.3. The molecule has 0 saturated carbocycles. The predicted octanol–water partition coefficient (Wildman–Crippen LogP) is 7.31. The summed E-state index contributed by atoms with van der Waals surface area (Å²) in [6, 6.07) is 18.0. The smallest absolute Gasteiger partial charge is 0.282 e. The van der Waals surface area contributed by atoms with Gasteiger partial charge < -0.3 is 4.74 Å². The van der Waals surface area contributed by atoms with Crippen LogP contribution in [0, 0.1) is 11.3 Å². The van der Waals surface area contributed by atoms with Crippen LogP contribution >= 0.6 is 39.1 Å². The van der Waals surface area contributed by atoms with Crippen LogP contribution in [-0.4, -0.2) is 15.9 Å². The van der Waals surface area contributed by atoms with E-state index in [1.807, 2.05) is 38.1 Å². The van der Waals surface area contributed by atoms with E-state index in [4.69, 9.17) is 32.9 Å². The average Bonchev–Trinajstić information content (AvgIpc) is 2.87. The summed E-state index contributed by atoms with van der Waals surface area (Å²) in [4.78, 5) is 18.0. The molecule has 0 aliphatic carbocycles. The van der Waals surface area contributed by atoms with Gasteiger partial charge in [-0.1, -0.05) is 71.2 Å². The molecule has 182 valence electrons. The molecule has 0 N–H and O–H groups in total. The lowest BCUT2D eigenvalue weighted by Gasteiger charge is -2.14. The molecule has 0 amide bonds. The zero-order valence-electron chi connectivity index (χ0n) is 19.5. The minimum atomic E-state index is -0.263. The number of rotatable bonds is 7. The van der Waals surface area contributed by atoms with Gasteiger partial charge in [0, 0.05) is 16.0 Å². The van der Waals surface area contributed by atoms with Crippen molar-refractivity contribution in [3.8, 4) is 11.8 Å². The van der Waals surface area contributed by atoms with Crippen LogP contribution < -0.4 is 10.3 Å². The molecule has 3 aromatic carbocycles. The molecular weight excluding hydrogens is 563 g/mol. The minimum absolute atomic E-state index is 0.0159. The maximum Gasteiger partial charge on any atom is 0.282 e. The van der Waals surface area contributed by atoms with E-state index in [9.17, 15) is 10.1 Å². The fourth-order valence-corrected chi connectivity index (χ4v) is 4.57. The summed E-state index contributed by atoms with van der Waals surface area (Å²) in [5.74, 6) is 0.891. The second-order valence-electron chi connectivity index (χ2n) is 8.17. The summed E-state index contributed by atoms with van der Waals surface area (Å²) in [6.45, 7) is 4.18. The number of halogens is 3. The van der Waals surface area contributed by atoms with Crippen LogP contribution in [-0.2, 0) is 6.61 Å². The van der Waals surface area contributed by atoms with Crippen molar-refractivity contribution in [3.63, 3.8) is 0 Å². The van der Waals surface area contributed by atoms with Gasteiger partial charge in [0.15, 0.2) is 5.75 Å². The molecule has 0 unspecified atom stereocenters. The third-order valence-electron chi connectivity index (χ3n) is 5.74. The van der Waals surface area contributed by atoms with Crippen molar-refractivity contribution in [1.82, 2.24) is 9.66 Å². The van der Waals surface area contributed by atoms with Gasteiger partial charge >= 0.3 is 0 Å². The number of nitrogens with zero attached hydrogens (tertiary/aromatic N) is 4. The topological polar surface area (TPSA) is 80.3 Å². The van der Waals surface area contributed by atoms with Crippen molar-refractivity contribution in [1.29, 1.82) is 5.26 Å². The fourth-order valence-electron chi connectivity index (χ4n) is 3.60. The lowest BCUT2D eigenvalue weighted by atomic mass is 10.1. The number of fused-ring (bicyclic) bond motifs is 1.